The molecule has 0 fully saturated rings. The van der Waals surface area contributed by atoms with Crippen molar-refractivity contribution < 1.29 is 19.8 Å². The van der Waals surface area contributed by atoms with E-state index in [0.29, 0.717) is 31.5 Å². The van der Waals surface area contributed by atoms with Gasteiger partial charge in [-0.2, -0.15) is 0 Å². The van der Waals surface area contributed by atoms with Crippen LogP contribution in [0.2, 0.25) is 0 Å². The first-order valence-electron chi connectivity index (χ1n) is 10.3. The number of carbonyl (C=O) groups excluding carboxylic acids is 1. The molecular formula is C22H33NO4S. The fourth-order valence-corrected chi connectivity index (χ4v) is 4.58. The Labute approximate surface area is 172 Å². The van der Waals surface area contributed by atoms with Gasteiger partial charge in [0, 0.05) is 17.8 Å². The Hall–Kier alpha value is -1.66. The number of thiophene rings is 1. The van der Waals surface area contributed by atoms with Crippen LogP contribution in [0.4, 0.5) is 5.69 Å². The van der Waals surface area contributed by atoms with E-state index < -0.39 is 12.1 Å². The first kappa shape index (κ1) is 22.6. The number of aromatic carboxylic acids is 1. The van der Waals surface area contributed by atoms with E-state index in [2.05, 4.69) is 6.08 Å². The van der Waals surface area contributed by atoms with Crippen LogP contribution in [0.3, 0.4) is 0 Å². The van der Waals surface area contributed by atoms with Crippen LogP contribution in [0.25, 0.3) is 5.57 Å². The number of rotatable bonds is 9. The van der Waals surface area contributed by atoms with E-state index in [1.807, 2.05) is 19.9 Å². The van der Waals surface area contributed by atoms with Gasteiger partial charge in [-0.05, 0) is 63.0 Å². The third-order valence-electron chi connectivity index (χ3n) is 4.94. The summed E-state index contributed by atoms with van der Waals surface area (Å²) in [5, 5.41) is 19.3. The predicted molar refractivity (Wildman–Crippen MR) is 115 cm³/mol. The number of nitrogens with zero attached hydrogens (tertiary/aromatic N) is 1. The van der Waals surface area contributed by atoms with Crippen molar-refractivity contribution in [1.82, 2.24) is 0 Å². The summed E-state index contributed by atoms with van der Waals surface area (Å²) < 4.78 is 0. The second kappa shape index (κ2) is 10.8. The van der Waals surface area contributed by atoms with E-state index in [4.69, 9.17) is 0 Å². The number of carboxylic acids is 1. The minimum absolute atomic E-state index is 0.0534. The molecule has 1 atom stereocenters. The lowest BCUT2D eigenvalue weighted by atomic mass is 10.1. The van der Waals surface area contributed by atoms with Crippen molar-refractivity contribution in [3.8, 4) is 0 Å². The van der Waals surface area contributed by atoms with E-state index in [-0.39, 0.29) is 16.7 Å². The normalized spacial score (nSPS) is 15.8. The maximum Gasteiger partial charge on any atom is 0.348 e. The molecular weight excluding hydrogens is 374 g/mol. The summed E-state index contributed by atoms with van der Waals surface area (Å²) in [5.41, 5.74) is 1.71. The zero-order chi connectivity index (χ0) is 20.7. The van der Waals surface area contributed by atoms with Crippen molar-refractivity contribution in [3.63, 3.8) is 0 Å². The standard InChI is InChI=1S/C22H33NO4S/c1-15(2)13-20(25)23(12-8-9-16(3)24)18-14-19(28-21(18)22(26)27)17-10-6-4-5-7-11-17/h10,14-16,24H,4-9,11-13H2,1-3H3,(H,26,27). The molecule has 5 nitrogen and oxygen atoms in total. The Morgan fingerprint density at radius 1 is 1.21 bits per heavy atom. The van der Waals surface area contributed by atoms with Crippen LogP contribution in [-0.2, 0) is 4.79 Å². The highest BCUT2D eigenvalue weighted by Gasteiger charge is 2.26. The van der Waals surface area contributed by atoms with Crippen molar-refractivity contribution in [2.45, 2.75) is 78.2 Å². The van der Waals surface area contributed by atoms with Crippen LogP contribution in [0, 0.1) is 5.92 Å². The predicted octanol–water partition coefficient (Wildman–Crippen LogP) is 5.33. The molecule has 1 aromatic rings. The van der Waals surface area contributed by atoms with Gasteiger partial charge in [0.15, 0.2) is 0 Å². The van der Waals surface area contributed by atoms with Gasteiger partial charge in [-0.1, -0.05) is 26.3 Å². The molecule has 0 saturated carbocycles. The van der Waals surface area contributed by atoms with Crippen LogP contribution < -0.4 is 4.90 Å². The molecule has 1 aliphatic rings. The van der Waals surface area contributed by atoms with Gasteiger partial charge in [-0.3, -0.25) is 4.79 Å². The van der Waals surface area contributed by atoms with Crippen molar-refractivity contribution in [1.29, 1.82) is 0 Å². The average Bonchev–Trinajstić information content (AvgIpc) is 2.85. The third-order valence-corrected chi connectivity index (χ3v) is 6.13. The van der Waals surface area contributed by atoms with Crippen LogP contribution in [0.1, 0.15) is 86.7 Å². The maximum atomic E-state index is 12.9. The van der Waals surface area contributed by atoms with Crippen LogP contribution >= 0.6 is 11.3 Å². The van der Waals surface area contributed by atoms with Crippen LogP contribution in [-0.4, -0.2) is 34.7 Å². The number of carboxylic acid groups (broad SMARTS) is 1. The van der Waals surface area contributed by atoms with Gasteiger partial charge in [-0.15, -0.1) is 11.3 Å². The first-order chi connectivity index (χ1) is 13.3. The van der Waals surface area contributed by atoms with E-state index >= 15 is 0 Å². The zero-order valence-corrected chi connectivity index (χ0v) is 18.1. The molecule has 0 spiro atoms. The summed E-state index contributed by atoms with van der Waals surface area (Å²) in [4.78, 5) is 27.7. The summed E-state index contributed by atoms with van der Waals surface area (Å²) in [6, 6.07) is 1.89. The van der Waals surface area contributed by atoms with Crippen molar-refractivity contribution in [3.05, 3.63) is 21.9 Å². The Bertz CT molecular complexity index is 705. The Kier molecular flexibility index (Phi) is 8.70. The van der Waals surface area contributed by atoms with Crippen molar-refractivity contribution in [2.24, 2.45) is 5.92 Å². The van der Waals surface area contributed by atoms with Crippen molar-refractivity contribution in [2.75, 3.05) is 11.4 Å². The van der Waals surface area contributed by atoms with E-state index in [1.165, 1.54) is 29.8 Å². The highest BCUT2D eigenvalue weighted by molar-refractivity contribution is 7.15. The van der Waals surface area contributed by atoms with Gasteiger partial charge in [-0.25, -0.2) is 4.79 Å². The number of hydrogen-bond acceptors (Lipinski definition) is 4. The molecule has 0 bridgehead atoms. The Balaban J connectivity index is 2.37. The Morgan fingerprint density at radius 3 is 2.61 bits per heavy atom. The van der Waals surface area contributed by atoms with Crippen LogP contribution in [0.15, 0.2) is 12.1 Å². The summed E-state index contributed by atoms with van der Waals surface area (Å²) in [6.45, 7) is 6.12. The second-order valence-corrected chi connectivity index (χ2v) is 9.15. The summed E-state index contributed by atoms with van der Waals surface area (Å²) in [6.07, 6.45) is 8.85. The SMILES string of the molecule is CC(C)CC(=O)N(CCCC(C)O)c1cc(C2=CCCCCC2)sc1C(=O)O. The minimum atomic E-state index is -0.988. The number of amides is 1. The molecule has 2 N–H and O–H groups in total. The lowest BCUT2D eigenvalue weighted by Gasteiger charge is -2.24. The number of hydrogen-bond donors (Lipinski definition) is 2. The highest BCUT2D eigenvalue weighted by Crippen LogP contribution is 2.38. The first-order valence-corrected chi connectivity index (χ1v) is 11.2. The lowest BCUT2D eigenvalue weighted by molar-refractivity contribution is -0.119. The molecule has 1 aromatic heterocycles. The van der Waals surface area contributed by atoms with Crippen LogP contribution in [0.5, 0.6) is 0 Å². The molecule has 1 heterocycles. The quantitative estimate of drug-likeness (QED) is 0.580. The van der Waals surface area contributed by atoms with Gasteiger partial charge < -0.3 is 15.1 Å². The molecule has 1 amide bonds. The molecule has 1 aliphatic carbocycles. The third kappa shape index (κ3) is 6.45. The molecule has 1 unspecified atom stereocenters. The molecule has 6 heteroatoms. The maximum absolute atomic E-state index is 12.9. The van der Waals surface area contributed by atoms with Gasteiger partial charge in [0.1, 0.15) is 4.88 Å². The minimum Gasteiger partial charge on any atom is -0.477 e. The molecule has 2 rings (SSSR count). The van der Waals surface area contributed by atoms with Gasteiger partial charge in [0.05, 0.1) is 11.8 Å². The number of anilines is 1. The van der Waals surface area contributed by atoms with Gasteiger partial charge >= 0.3 is 5.97 Å². The molecule has 0 aliphatic heterocycles. The fraction of sp³-hybridized carbons (Fsp3) is 0.636. The summed E-state index contributed by atoms with van der Waals surface area (Å²) in [5.74, 6) is -0.844. The van der Waals surface area contributed by atoms with Crippen molar-refractivity contribution >= 4 is 34.5 Å². The number of aliphatic hydroxyl groups excluding tert-OH is 1. The topological polar surface area (TPSA) is 77.8 Å². The van der Waals surface area contributed by atoms with Gasteiger partial charge in [0.2, 0.25) is 5.91 Å². The number of allylic oxidation sites excluding steroid dienone is 2. The van der Waals surface area contributed by atoms with E-state index in [0.717, 1.165) is 24.1 Å². The molecule has 0 aromatic carbocycles. The Morgan fingerprint density at radius 2 is 1.96 bits per heavy atom. The summed E-state index contributed by atoms with van der Waals surface area (Å²) >= 11 is 1.28. The smallest absolute Gasteiger partial charge is 0.348 e. The second-order valence-electron chi connectivity index (χ2n) is 8.09. The molecule has 0 radical (unpaired) electrons. The monoisotopic (exact) mass is 407 g/mol. The zero-order valence-electron chi connectivity index (χ0n) is 17.2. The number of aliphatic hydroxyl groups is 1. The van der Waals surface area contributed by atoms with Gasteiger partial charge in [0.25, 0.3) is 0 Å². The molecule has 28 heavy (non-hydrogen) atoms. The van der Waals surface area contributed by atoms with E-state index in [1.54, 1.807) is 11.8 Å². The largest absolute Gasteiger partial charge is 0.477 e. The molecule has 0 saturated heterocycles. The number of carbonyl (C=O) groups is 2. The molecule has 156 valence electrons. The van der Waals surface area contributed by atoms with E-state index in [9.17, 15) is 19.8 Å². The fourth-order valence-electron chi connectivity index (χ4n) is 3.52. The highest BCUT2D eigenvalue weighted by atomic mass is 32.1. The average molecular weight is 408 g/mol. The lowest BCUT2D eigenvalue weighted by Crippen LogP contribution is -2.33. The summed E-state index contributed by atoms with van der Waals surface area (Å²) in [7, 11) is 0.